The molecular formula is C28H40F3N. The van der Waals surface area contributed by atoms with E-state index in [0.29, 0.717) is 17.3 Å². The minimum atomic E-state index is -4.36. The van der Waals surface area contributed by atoms with Crippen molar-refractivity contribution in [1.29, 1.82) is 0 Å². The SMILES string of the molecule is C[C@H]1CC[C@@H]2C3CC[C@@]4(C)C(CCC4[C@@H](C)Cc4ccc(C(F)(F)F)nc4)[C@@H]3CC[C@@H]2C1. The van der Waals surface area contributed by atoms with Gasteiger partial charge in [0.05, 0.1) is 0 Å². The molecule has 0 bridgehead atoms. The van der Waals surface area contributed by atoms with Crippen molar-refractivity contribution in [2.75, 3.05) is 0 Å². The summed E-state index contributed by atoms with van der Waals surface area (Å²) in [6.45, 7) is 7.36. The summed E-state index contributed by atoms with van der Waals surface area (Å²) >= 11 is 0. The first-order chi connectivity index (χ1) is 15.2. The maximum atomic E-state index is 12.9. The molecule has 1 aromatic heterocycles. The van der Waals surface area contributed by atoms with Crippen molar-refractivity contribution in [2.24, 2.45) is 52.8 Å². The number of alkyl halides is 3. The summed E-state index contributed by atoms with van der Waals surface area (Å²) in [6, 6.07) is 2.79. The zero-order valence-electron chi connectivity index (χ0n) is 20.0. The van der Waals surface area contributed by atoms with Gasteiger partial charge in [-0.15, -0.1) is 0 Å². The van der Waals surface area contributed by atoms with Gasteiger partial charge < -0.3 is 0 Å². The minimum Gasteiger partial charge on any atom is -0.252 e. The zero-order valence-corrected chi connectivity index (χ0v) is 20.0. The Morgan fingerprint density at radius 1 is 1.00 bits per heavy atom. The standard InChI is InChI=1S/C28H40F3N/c1-17-4-7-21-20(14-17)6-8-23-22(21)12-13-27(3)24(9-10-25(23)27)18(2)15-19-5-11-26(32-16-19)28(29,30)31/h5,11,16-18,20-25H,4,6-10,12-15H2,1-3H3/t17-,18-,20+,21-,22?,23+,24?,25?,27+/m0/s1. The van der Waals surface area contributed by atoms with Crippen LogP contribution in [0.15, 0.2) is 18.3 Å². The number of halogens is 3. The Morgan fingerprint density at radius 3 is 2.50 bits per heavy atom. The van der Waals surface area contributed by atoms with Gasteiger partial charge in [-0.1, -0.05) is 33.3 Å². The Labute approximate surface area is 192 Å². The molecule has 4 fully saturated rings. The number of nitrogens with zero attached hydrogens (tertiary/aromatic N) is 1. The Kier molecular flexibility index (Phi) is 5.90. The monoisotopic (exact) mass is 447 g/mol. The maximum Gasteiger partial charge on any atom is 0.433 e. The number of hydrogen-bond acceptors (Lipinski definition) is 1. The summed E-state index contributed by atoms with van der Waals surface area (Å²) in [5.41, 5.74) is 0.574. The number of rotatable bonds is 3. The second kappa shape index (κ2) is 8.31. The first-order valence-corrected chi connectivity index (χ1v) is 13.2. The normalized spacial score (nSPS) is 42.6. The third-order valence-electron chi connectivity index (χ3n) is 10.6. The van der Waals surface area contributed by atoms with Crippen LogP contribution in [-0.2, 0) is 12.6 Å². The zero-order chi connectivity index (χ0) is 22.7. The molecule has 0 aromatic carbocycles. The number of aromatic nitrogens is 1. The maximum absolute atomic E-state index is 12.9. The van der Waals surface area contributed by atoms with E-state index in [1.165, 1.54) is 64.0 Å². The second-order valence-electron chi connectivity index (χ2n) is 12.3. The molecule has 0 aliphatic heterocycles. The van der Waals surface area contributed by atoms with Crippen LogP contribution in [0.25, 0.3) is 0 Å². The van der Waals surface area contributed by atoms with Crippen LogP contribution in [-0.4, -0.2) is 4.98 Å². The average molecular weight is 448 g/mol. The van der Waals surface area contributed by atoms with Gasteiger partial charge in [-0.2, -0.15) is 13.2 Å². The molecule has 0 N–H and O–H groups in total. The summed E-state index contributed by atoms with van der Waals surface area (Å²) in [7, 11) is 0. The Balaban J connectivity index is 1.27. The molecule has 3 unspecified atom stereocenters. The van der Waals surface area contributed by atoms with Crippen molar-refractivity contribution in [3.8, 4) is 0 Å². The highest BCUT2D eigenvalue weighted by Gasteiger charge is 2.57. The smallest absolute Gasteiger partial charge is 0.252 e. The summed E-state index contributed by atoms with van der Waals surface area (Å²) in [4.78, 5) is 3.70. The molecule has 0 amide bonds. The summed E-state index contributed by atoms with van der Waals surface area (Å²) in [6.07, 6.45) is 10.7. The summed E-state index contributed by atoms with van der Waals surface area (Å²) in [5.74, 6) is 6.84. The molecule has 1 aromatic rings. The van der Waals surface area contributed by atoms with E-state index in [-0.39, 0.29) is 0 Å². The molecule has 178 valence electrons. The molecule has 4 aliphatic rings. The van der Waals surface area contributed by atoms with Gasteiger partial charge in [-0.25, -0.2) is 0 Å². The first-order valence-electron chi connectivity index (χ1n) is 13.2. The van der Waals surface area contributed by atoms with Crippen molar-refractivity contribution in [1.82, 2.24) is 4.98 Å². The van der Waals surface area contributed by atoms with Gasteiger partial charge in [-0.05, 0) is 122 Å². The van der Waals surface area contributed by atoms with Crippen LogP contribution in [0.1, 0.15) is 89.8 Å². The van der Waals surface area contributed by atoms with E-state index in [2.05, 4.69) is 25.8 Å². The third kappa shape index (κ3) is 3.92. The molecule has 1 heterocycles. The highest BCUT2D eigenvalue weighted by Crippen LogP contribution is 2.65. The van der Waals surface area contributed by atoms with Crippen LogP contribution in [0.3, 0.4) is 0 Å². The molecular weight excluding hydrogens is 407 g/mol. The lowest BCUT2D eigenvalue weighted by atomic mass is 9.48. The third-order valence-corrected chi connectivity index (χ3v) is 10.6. The fourth-order valence-electron chi connectivity index (χ4n) is 9.29. The minimum absolute atomic E-state index is 0.411. The van der Waals surface area contributed by atoms with E-state index < -0.39 is 11.9 Å². The van der Waals surface area contributed by atoms with E-state index >= 15 is 0 Å². The van der Waals surface area contributed by atoms with Crippen molar-refractivity contribution in [3.63, 3.8) is 0 Å². The molecule has 9 atom stereocenters. The van der Waals surface area contributed by atoms with E-state index in [1.54, 1.807) is 6.07 Å². The van der Waals surface area contributed by atoms with Gasteiger partial charge in [0.1, 0.15) is 5.69 Å². The van der Waals surface area contributed by atoms with E-state index in [4.69, 9.17) is 0 Å². The van der Waals surface area contributed by atoms with Gasteiger partial charge in [0.2, 0.25) is 0 Å². The Morgan fingerprint density at radius 2 is 1.78 bits per heavy atom. The molecule has 0 saturated heterocycles. The average Bonchev–Trinajstić information content (AvgIpc) is 3.10. The predicted octanol–water partition coefficient (Wildman–Crippen LogP) is 8.18. The van der Waals surface area contributed by atoms with Gasteiger partial charge in [0, 0.05) is 6.20 Å². The Bertz CT molecular complexity index is 802. The van der Waals surface area contributed by atoms with Crippen LogP contribution in [0.2, 0.25) is 0 Å². The van der Waals surface area contributed by atoms with Gasteiger partial charge in [0.25, 0.3) is 0 Å². The van der Waals surface area contributed by atoms with E-state index in [1.807, 2.05) is 0 Å². The number of hydrogen-bond donors (Lipinski definition) is 0. The number of pyridine rings is 1. The molecule has 1 nitrogen and oxygen atoms in total. The van der Waals surface area contributed by atoms with Crippen LogP contribution < -0.4 is 0 Å². The van der Waals surface area contributed by atoms with Crippen LogP contribution in [0, 0.1) is 52.8 Å². The lowest BCUT2D eigenvalue weighted by Crippen LogP contribution is -2.49. The van der Waals surface area contributed by atoms with Crippen molar-refractivity contribution < 1.29 is 13.2 Å². The predicted molar refractivity (Wildman–Crippen MR) is 122 cm³/mol. The molecule has 5 rings (SSSR count). The van der Waals surface area contributed by atoms with E-state index in [9.17, 15) is 13.2 Å². The van der Waals surface area contributed by atoms with Crippen LogP contribution >= 0.6 is 0 Å². The fourth-order valence-corrected chi connectivity index (χ4v) is 9.29. The second-order valence-corrected chi connectivity index (χ2v) is 12.3. The first kappa shape index (κ1) is 22.7. The molecule has 0 spiro atoms. The van der Waals surface area contributed by atoms with Gasteiger partial charge in [-0.3, -0.25) is 4.98 Å². The molecule has 32 heavy (non-hydrogen) atoms. The molecule has 4 heteroatoms. The van der Waals surface area contributed by atoms with Crippen molar-refractivity contribution in [2.45, 2.75) is 91.2 Å². The fraction of sp³-hybridized carbons (Fsp3) is 0.821. The lowest BCUT2D eigenvalue weighted by molar-refractivity contribution is -0.141. The van der Waals surface area contributed by atoms with Crippen LogP contribution in [0.4, 0.5) is 13.2 Å². The molecule has 0 radical (unpaired) electrons. The highest BCUT2D eigenvalue weighted by molar-refractivity contribution is 5.17. The lowest BCUT2D eigenvalue weighted by Gasteiger charge is -2.56. The van der Waals surface area contributed by atoms with Gasteiger partial charge >= 0.3 is 6.18 Å². The Hall–Kier alpha value is -1.06. The quantitative estimate of drug-likeness (QED) is 0.455. The summed E-state index contributed by atoms with van der Waals surface area (Å²) < 4.78 is 38.6. The largest absolute Gasteiger partial charge is 0.433 e. The molecule has 4 saturated carbocycles. The molecule has 4 aliphatic carbocycles. The van der Waals surface area contributed by atoms with Crippen molar-refractivity contribution in [3.05, 3.63) is 29.6 Å². The van der Waals surface area contributed by atoms with E-state index in [0.717, 1.165) is 53.6 Å². The summed E-state index contributed by atoms with van der Waals surface area (Å²) in [5, 5.41) is 0. The highest BCUT2D eigenvalue weighted by atomic mass is 19.4. The topological polar surface area (TPSA) is 12.9 Å². The van der Waals surface area contributed by atoms with Crippen LogP contribution in [0.5, 0.6) is 0 Å². The van der Waals surface area contributed by atoms with Crippen molar-refractivity contribution >= 4 is 0 Å². The van der Waals surface area contributed by atoms with Gasteiger partial charge in [0.15, 0.2) is 0 Å². The number of fused-ring (bicyclic) bond motifs is 5.